The highest BCUT2D eigenvalue weighted by Gasteiger charge is 2.16. The maximum Gasteiger partial charge on any atom is 0.257 e. The standard InChI is InChI=1S/C20H17N3O2S/c1-12-3-2-4-15(9-12)19(25)23-20-22-17(11-26-20)14-5-7-16-13(10-14)6-8-18(24)21-16/h2-5,7,9-11H,6,8H2,1H3,(H,21,24)(H,22,23,25). The molecule has 0 saturated heterocycles. The molecule has 1 aliphatic rings. The minimum absolute atomic E-state index is 0.0556. The molecule has 4 rings (SSSR count). The number of carbonyl (C=O) groups is 2. The smallest absolute Gasteiger partial charge is 0.257 e. The molecule has 0 fully saturated rings. The molecule has 1 aromatic heterocycles. The zero-order valence-corrected chi connectivity index (χ0v) is 15.0. The lowest BCUT2D eigenvalue weighted by atomic mass is 9.99. The van der Waals surface area contributed by atoms with E-state index in [-0.39, 0.29) is 11.8 Å². The summed E-state index contributed by atoms with van der Waals surface area (Å²) in [6, 6.07) is 13.4. The first-order valence-electron chi connectivity index (χ1n) is 8.35. The van der Waals surface area contributed by atoms with Crippen molar-refractivity contribution in [2.24, 2.45) is 0 Å². The van der Waals surface area contributed by atoms with Crippen molar-refractivity contribution in [1.29, 1.82) is 0 Å². The van der Waals surface area contributed by atoms with Crippen LogP contribution in [-0.2, 0) is 11.2 Å². The maximum atomic E-state index is 12.3. The second-order valence-electron chi connectivity index (χ2n) is 6.28. The number of nitrogens with zero attached hydrogens (tertiary/aromatic N) is 1. The molecule has 0 spiro atoms. The van der Waals surface area contributed by atoms with Gasteiger partial charge < -0.3 is 5.32 Å². The fourth-order valence-electron chi connectivity index (χ4n) is 2.96. The number of anilines is 2. The van der Waals surface area contributed by atoms with Gasteiger partial charge in [-0.2, -0.15) is 0 Å². The van der Waals surface area contributed by atoms with Gasteiger partial charge in [-0.3, -0.25) is 14.9 Å². The van der Waals surface area contributed by atoms with Crippen molar-refractivity contribution in [2.45, 2.75) is 19.8 Å². The molecule has 0 aliphatic carbocycles. The summed E-state index contributed by atoms with van der Waals surface area (Å²) in [7, 11) is 0. The number of hydrogen-bond acceptors (Lipinski definition) is 4. The molecule has 2 heterocycles. The van der Waals surface area contributed by atoms with E-state index in [1.807, 2.05) is 42.6 Å². The molecular weight excluding hydrogens is 346 g/mol. The lowest BCUT2D eigenvalue weighted by molar-refractivity contribution is -0.116. The monoisotopic (exact) mass is 363 g/mol. The molecule has 0 radical (unpaired) electrons. The maximum absolute atomic E-state index is 12.3. The molecule has 0 saturated carbocycles. The lowest BCUT2D eigenvalue weighted by Crippen LogP contribution is -2.18. The van der Waals surface area contributed by atoms with Crippen LogP contribution in [0.25, 0.3) is 11.3 Å². The summed E-state index contributed by atoms with van der Waals surface area (Å²) < 4.78 is 0. The highest BCUT2D eigenvalue weighted by atomic mass is 32.1. The molecule has 2 aromatic carbocycles. The molecule has 1 aliphatic heterocycles. The topological polar surface area (TPSA) is 71.1 Å². The lowest BCUT2D eigenvalue weighted by Gasteiger charge is -2.17. The van der Waals surface area contributed by atoms with E-state index in [4.69, 9.17) is 0 Å². The number of benzene rings is 2. The van der Waals surface area contributed by atoms with Gasteiger partial charge in [-0.05, 0) is 43.2 Å². The highest BCUT2D eigenvalue weighted by Crippen LogP contribution is 2.30. The number of amides is 2. The van der Waals surface area contributed by atoms with Gasteiger partial charge in [-0.15, -0.1) is 11.3 Å². The van der Waals surface area contributed by atoms with E-state index in [0.29, 0.717) is 17.1 Å². The van der Waals surface area contributed by atoms with Crippen molar-refractivity contribution in [2.75, 3.05) is 10.6 Å². The number of aromatic nitrogens is 1. The molecule has 6 heteroatoms. The fraction of sp³-hybridized carbons (Fsp3) is 0.150. The fourth-order valence-corrected chi connectivity index (χ4v) is 3.68. The third kappa shape index (κ3) is 3.36. The van der Waals surface area contributed by atoms with E-state index in [0.717, 1.165) is 34.5 Å². The number of hydrogen-bond donors (Lipinski definition) is 2. The van der Waals surface area contributed by atoms with Crippen molar-refractivity contribution in [3.05, 3.63) is 64.5 Å². The minimum Gasteiger partial charge on any atom is -0.326 e. The van der Waals surface area contributed by atoms with Crippen molar-refractivity contribution in [1.82, 2.24) is 4.98 Å². The predicted octanol–water partition coefficient (Wildman–Crippen LogP) is 4.26. The van der Waals surface area contributed by atoms with Crippen molar-refractivity contribution in [3.63, 3.8) is 0 Å². The summed E-state index contributed by atoms with van der Waals surface area (Å²) in [6.45, 7) is 1.96. The van der Waals surface area contributed by atoms with Gasteiger partial charge in [-0.25, -0.2) is 4.98 Å². The number of aryl methyl sites for hydroxylation is 2. The zero-order chi connectivity index (χ0) is 18.1. The van der Waals surface area contributed by atoms with Gasteiger partial charge in [0.15, 0.2) is 5.13 Å². The third-order valence-corrected chi connectivity index (χ3v) is 5.06. The first kappa shape index (κ1) is 16.5. The average Bonchev–Trinajstić information content (AvgIpc) is 3.09. The summed E-state index contributed by atoms with van der Waals surface area (Å²) in [6.07, 6.45) is 1.24. The molecule has 3 aromatic rings. The van der Waals surface area contributed by atoms with E-state index in [9.17, 15) is 9.59 Å². The summed E-state index contributed by atoms with van der Waals surface area (Å²) in [5.41, 5.74) is 5.43. The largest absolute Gasteiger partial charge is 0.326 e. The van der Waals surface area contributed by atoms with Crippen LogP contribution in [0, 0.1) is 6.92 Å². The molecule has 0 unspecified atom stereocenters. The molecule has 5 nitrogen and oxygen atoms in total. The number of nitrogens with one attached hydrogen (secondary N) is 2. The Bertz CT molecular complexity index is 1010. The molecule has 130 valence electrons. The van der Waals surface area contributed by atoms with E-state index in [1.54, 1.807) is 6.07 Å². The quantitative estimate of drug-likeness (QED) is 0.730. The van der Waals surface area contributed by atoms with Crippen LogP contribution in [0.15, 0.2) is 47.8 Å². The number of carbonyl (C=O) groups excluding carboxylic acids is 2. The van der Waals surface area contributed by atoms with E-state index >= 15 is 0 Å². The Morgan fingerprint density at radius 2 is 2.08 bits per heavy atom. The Balaban J connectivity index is 1.53. The Morgan fingerprint density at radius 1 is 1.19 bits per heavy atom. The summed E-state index contributed by atoms with van der Waals surface area (Å²) in [5, 5.41) is 8.23. The zero-order valence-electron chi connectivity index (χ0n) is 14.2. The third-order valence-electron chi connectivity index (χ3n) is 4.30. The number of rotatable bonds is 3. The van der Waals surface area contributed by atoms with E-state index in [2.05, 4.69) is 21.7 Å². The summed E-state index contributed by atoms with van der Waals surface area (Å²) >= 11 is 1.40. The summed E-state index contributed by atoms with van der Waals surface area (Å²) in [5.74, 6) is -0.109. The minimum atomic E-state index is -0.164. The second-order valence-corrected chi connectivity index (χ2v) is 7.14. The van der Waals surface area contributed by atoms with E-state index < -0.39 is 0 Å². The Morgan fingerprint density at radius 3 is 2.92 bits per heavy atom. The van der Waals surface area contributed by atoms with Gasteiger partial charge >= 0.3 is 0 Å². The Labute approximate surface area is 155 Å². The van der Waals surface area contributed by atoms with Crippen LogP contribution >= 0.6 is 11.3 Å². The van der Waals surface area contributed by atoms with Crippen molar-refractivity contribution < 1.29 is 9.59 Å². The number of fused-ring (bicyclic) bond motifs is 1. The van der Waals surface area contributed by atoms with Gasteiger partial charge in [-0.1, -0.05) is 23.8 Å². The van der Waals surface area contributed by atoms with Crippen LogP contribution < -0.4 is 10.6 Å². The molecule has 0 atom stereocenters. The molecule has 26 heavy (non-hydrogen) atoms. The van der Waals surface area contributed by atoms with Gasteiger partial charge in [0, 0.05) is 28.6 Å². The molecule has 2 N–H and O–H groups in total. The first-order chi connectivity index (χ1) is 12.6. The van der Waals surface area contributed by atoms with Crippen LogP contribution in [0.3, 0.4) is 0 Å². The number of thiazole rings is 1. The van der Waals surface area contributed by atoms with Gasteiger partial charge in [0.25, 0.3) is 5.91 Å². The van der Waals surface area contributed by atoms with Crippen molar-refractivity contribution >= 4 is 34.0 Å². The predicted molar refractivity (Wildman–Crippen MR) is 104 cm³/mol. The van der Waals surface area contributed by atoms with Crippen molar-refractivity contribution in [3.8, 4) is 11.3 Å². The van der Waals surface area contributed by atoms with Crippen LogP contribution in [0.2, 0.25) is 0 Å². The van der Waals surface area contributed by atoms with Gasteiger partial charge in [0.2, 0.25) is 5.91 Å². The molecular formula is C20H17N3O2S. The normalized spacial score (nSPS) is 13.0. The average molecular weight is 363 g/mol. The van der Waals surface area contributed by atoms with Crippen LogP contribution in [0.4, 0.5) is 10.8 Å². The van der Waals surface area contributed by atoms with Crippen LogP contribution in [-0.4, -0.2) is 16.8 Å². The Kier molecular flexibility index (Phi) is 4.26. The second kappa shape index (κ2) is 6.72. The molecule has 2 amide bonds. The van der Waals surface area contributed by atoms with Gasteiger partial charge in [0.05, 0.1) is 5.69 Å². The first-order valence-corrected chi connectivity index (χ1v) is 9.23. The molecule has 0 bridgehead atoms. The SMILES string of the molecule is Cc1cccc(C(=O)Nc2nc(-c3ccc4c(c3)CCC(=O)N4)cs2)c1. The van der Waals surface area contributed by atoms with Gasteiger partial charge in [0.1, 0.15) is 0 Å². The highest BCUT2D eigenvalue weighted by molar-refractivity contribution is 7.14. The van der Waals surface area contributed by atoms with Crippen LogP contribution in [0.5, 0.6) is 0 Å². The summed E-state index contributed by atoms with van der Waals surface area (Å²) in [4.78, 5) is 28.3. The van der Waals surface area contributed by atoms with Crippen LogP contribution in [0.1, 0.15) is 27.9 Å². The Hall–Kier alpha value is -2.99. The van der Waals surface area contributed by atoms with E-state index in [1.165, 1.54) is 11.3 Å².